The summed E-state index contributed by atoms with van der Waals surface area (Å²) in [4.78, 5) is 18.7. The Hall–Kier alpha value is -2.66. The van der Waals surface area contributed by atoms with Crippen LogP contribution in [0.15, 0.2) is 47.0 Å². The number of carbonyl (C=O) groups is 1. The summed E-state index contributed by atoms with van der Waals surface area (Å²) in [6, 6.07) is 13.5. The lowest BCUT2D eigenvalue weighted by atomic mass is 10.1. The zero-order chi connectivity index (χ0) is 18.3. The van der Waals surface area contributed by atoms with Crippen LogP contribution in [-0.2, 0) is 4.79 Å². The van der Waals surface area contributed by atoms with Crippen LogP contribution in [0, 0.1) is 13.8 Å². The Morgan fingerprint density at radius 2 is 2.00 bits per heavy atom. The molecule has 0 bridgehead atoms. The topological polar surface area (TPSA) is 59.2 Å². The molecule has 1 aliphatic heterocycles. The van der Waals surface area contributed by atoms with Crippen LogP contribution in [0.2, 0.25) is 5.02 Å². The van der Waals surface area contributed by atoms with Crippen LogP contribution in [0.25, 0.3) is 11.5 Å². The van der Waals surface area contributed by atoms with E-state index >= 15 is 0 Å². The molecular formula is C20H18ClN3O2. The maximum absolute atomic E-state index is 12.5. The van der Waals surface area contributed by atoms with Crippen LogP contribution in [0.3, 0.4) is 0 Å². The number of amides is 1. The van der Waals surface area contributed by atoms with Crippen LogP contribution in [0.5, 0.6) is 0 Å². The fraction of sp³-hybridized carbons (Fsp3) is 0.250. The first-order chi connectivity index (χ1) is 12.5. The van der Waals surface area contributed by atoms with Crippen molar-refractivity contribution >= 4 is 23.2 Å². The van der Waals surface area contributed by atoms with E-state index in [1.165, 1.54) is 0 Å². The van der Waals surface area contributed by atoms with Crippen molar-refractivity contribution in [3.05, 3.63) is 64.4 Å². The minimum absolute atomic E-state index is 0.0167. The van der Waals surface area contributed by atoms with Gasteiger partial charge in [0.15, 0.2) is 5.82 Å². The van der Waals surface area contributed by atoms with Gasteiger partial charge in [0.1, 0.15) is 0 Å². The predicted molar refractivity (Wildman–Crippen MR) is 100 cm³/mol. The smallest absolute Gasteiger partial charge is 0.258 e. The second-order valence-electron chi connectivity index (χ2n) is 6.63. The highest BCUT2D eigenvalue weighted by atomic mass is 35.5. The first-order valence-electron chi connectivity index (χ1n) is 8.49. The van der Waals surface area contributed by atoms with Gasteiger partial charge in [-0.3, -0.25) is 4.79 Å². The fourth-order valence-electron chi connectivity index (χ4n) is 3.27. The molecule has 6 heteroatoms. The van der Waals surface area contributed by atoms with Gasteiger partial charge in [0.05, 0.1) is 10.7 Å². The number of benzene rings is 2. The average Bonchev–Trinajstić information content (AvgIpc) is 3.22. The maximum Gasteiger partial charge on any atom is 0.258 e. The van der Waals surface area contributed by atoms with E-state index in [0.717, 1.165) is 22.4 Å². The molecule has 1 unspecified atom stereocenters. The Bertz CT molecular complexity index is 983. The summed E-state index contributed by atoms with van der Waals surface area (Å²) < 4.78 is 5.44. The average molecular weight is 368 g/mol. The largest absolute Gasteiger partial charge is 0.334 e. The summed E-state index contributed by atoms with van der Waals surface area (Å²) >= 11 is 6.33. The van der Waals surface area contributed by atoms with E-state index in [9.17, 15) is 4.79 Å². The zero-order valence-corrected chi connectivity index (χ0v) is 15.3. The lowest BCUT2D eigenvalue weighted by Crippen LogP contribution is -2.24. The van der Waals surface area contributed by atoms with Crippen molar-refractivity contribution in [3.63, 3.8) is 0 Å². The molecule has 1 fully saturated rings. The van der Waals surface area contributed by atoms with Gasteiger partial charge in [-0.15, -0.1) is 0 Å². The molecule has 1 saturated heterocycles. The molecule has 2 heterocycles. The van der Waals surface area contributed by atoms with Gasteiger partial charge >= 0.3 is 0 Å². The number of rotatable bonds is 3. The summed E-state index contributed by atoms with van der Waals surface area (Å²) in [7, 11) is 0. The van der Waals surface area contributed by atoms with E-state index in [2.05, 4.69) is 10.1 Å². The number of anilines is 1. The van der Waals surface area contributed by atoms with Crippen molar-refractivity contribution in [1.82, 2.24) is 10.1 Å². The minimum atomic E-state index is -0.110. The standard InChI is InChI=1S/C20H18ClN3O2/c1-12-7-8-17(16(21)9-12)24-11-14(10-18(24)25)19-22-20(26-23-19)15-6-4-3-5-13(15)2/h3-9,14H,10-11H2,1-2H3. The van der Waals surface area contributed by atoms with E-state index in [0.29, 0.717) is 29.7 Å². The van der Waals surface area contributed by atoms with E-state index in [4.69, 9.17) is 16.1 Å². The van der Waals surface area contributed by atoms with E-state index in [1.807, 2.05) is 56.3 Å². The second kappa shape index (κ2) is 6.57. The summed E-state index contributed by atoms with van der Waals surface area (Å²) in [6.45, 7) is 4.46. The van der Waals surface area contributed by atoms with Crippen LogP contribution in [-0.4, -0.2) is 22.6 Å². The van der Waals surface area contributed by atoms with Gasteiger partial charge in [-0.2, -0.15) is 4.98 Å². The predicted octanol–water partition coefficient (Wildman–Crippen LogP) is 4.53. The Morgan fingerprint density at radius 1 is 1.19 bits per heavy atom. The van der Waals surface area contributed by atoms with Crippen molar-refractivity contribution in [1.29, 1.82) is 0 Å². The first kappa shape index (κ1) is 16.8. The highest BCUT2D eigenvalue weighted by Gasteiger charge is 2.35. The van der Waals surface area contributed by atoms with Crippen molar-refractivity contribution in [2.45, 2.75) is 26.2 Å². The number of carbonyl (C=O) groups excluding carboxylic acids is 1. The van der Waals surface area contributed by atoms with Crippen LogP contribution in [0.4, 0.5) is 5.69 Å². The van der Waals surface area contributed by atoms with Gasteiger partial charge in [-0.1, -0.05) is 41.0 Å². The molecule has 2 aromatic carbocycles. The molecule has 3 aromatic rings. The third-order valence-corrected chi connectivity index (χ3v) is 5.00. The van der Waals surface area contributed by atoms with E-state index in [-0.39, 0.29) is 11.8 Å². The number of aryl methyl sites for hydroxylation is 2. The second-order valence-corrected chi connectivity index (χ2v) is 7.04. The van der Waals surface area contributed by atoms with Gasteiger partial charge in [0, 0.05) is 24.4 Å². The van der Waals surface area contributed by atoms with Crippen LogP contribution in [0.1, 0.15) is 29.3 Å². The van der Waals surface area contributed by atoms with E-state index in [1.54, 1.807) is 4.90 Å². The molecule has 4 rings (SSSR count). The molecule has 26 heavy (non-hydrogen) atoms. The summed E-state index contributed by atoms with van der Waals surface area (Å²) in [6.07, 6.45) is 0.344. The van der Waals surface area contributed by atoms with Crippen LogP contribution >= 0.6 is 11.6 Å². The molecule has 0 aliphatic carbocycles. The van der Waals surface area contributed by atoms with Gasteiger partial charge in [-0.05, 0) is 43.2 Å². The normalized spacial score (nSPS) is 17.1. The number of hydrogen-bond donors (Lipinski definition) is 0. The first-order valence-corrected chi connectivity index (χ1v) is 8.87. The summed E-state index contributed by atoms with van der Waals surface area (Å²) in [5.41, 5.74) is 3.77. The highest BCUT2D eigenvalue weighted by Crippen LogP contribution is 2.35. The van der Waals surface area contributed by atoms with Gasteiger partial charge in [0.25, 0.3) is 5.89 Å². The minimum Gasteiger partial charge on any atom is -0.334 e. The fourth-order valence-corrected chi connectivity index (χ4v) is 3.60. The molecule has 1 atom stereocenters. The van der Waals surface area contributed by atoms with Gasteiger partial charge in [-0.25, -0.2) is 0 Å². The monoisotopic (exact) mass is 367 g/mol. The number of aromatic nitrogens is 2. The Balaban J connectivity index is 1.59. The molecule has 0 saturated carbocycles. The molecule has 132 valence electrons. The molecule has 1 aromatic heterocycles. The molecule has 0 spiro atoms. The number of nitrogens with zero attached hydrogens (tertiary/aromatic N) is 3. The Kier molecular flexibility index (Phi) is 4.24. The summed E-state index contributed by atoms with van der Waals surface area (Å²) in [5, 5.41) is 4.69. The molecule has 1 amide bonds. The van der Waals surface area contributed by atoms with Crippen molar-refractivity contribution < 1.29 is 9.32 Å². The van der Waals surface area contributed by atoms with Crippen molar-refractivity contribution in [2.75, 3.05) is 11.4 Å². The molecular weight excluding hydrogens is 350 g/mol. The van der Waals surface area contributed by atoms with Crippen molar-refractivity contribution in [2.24, 2.45) is 0 Å². The summed E-state index contributed by atoms with van der Waals surface area (Å²) in [5.74, 6) is 0.948. The SMILES string of the molecule is Cc1ccc(N2CC(c3noc(-c4ccccc4C)n3)CC2=O)c(Cl)c1. The quantitative estimate of drug-likeness (QED) is 0.682. The third kappa shape index (κ3) is 2.99. The molecule has 0 N–H and O–H groups in total. The lowest BCUT2D eigenvalue weighted by Gasteiger charge is -2.18. The lowest BCUT2D eigenvalue weighted by molar-refractivity contribution is -0.117. The van der Waals surface area contributed by atoms with E-state index < -0.39 is 0 Å². The Labute approximate surface area is 156 Å². The van der Waals surface area contributed by atoms with Gasteiger partial charge < -0.3 is 9.42 Å². The molecule has 1 aliphatic rings. The number of hydrogen-bond acceptors (Lipinski definition) is 4. The Morgan fingerprint density at radius 3 is 2.77 bits per heavy atom. The zero-order valence-electron chi connectivity index (χ0n) is 14.6. The van der Waals surface area contributed by atoms with Gasteiger partial charge in [0.2, 0.25) is 5.91 Å². The van der Waals surface area contributed by atoms with Crippen LogP contribution < -0.4 is 4.90 Å². The third-order valence-electron chi connectivity index (χ3n) is 4.70. The number of halogens is 1. The molecule has 0 radical (unpaired) electrons. The molecule has 5 nitrogen and oxygen atoms in total. The maximum atomic E-state index is 12.5. The highest BCUT2D eigenvalue weighted by molar-refractivity contribution is 6.34. The van der Waals surface area contributed by atoms with Crippen molar-refractivity contribution in [3.8, 4) is 11.5 Å².